The van der Waals surface area contributed by atoms with Crippen LogP contribution in [0.1, 0.15) is 16.8 Å². The fourth-order valence-corrected chi connectivity index (χ4v) is 2.15. The van der Waals surface area contributed by atoms with Crippen molar-refractivity contribution in [2.75, 3.05) is 5.32 Å². The number of hydrogen-bond acceptors (Lipinski definition) is 2. The lowest BCUT2D eigenvalue weighted by atomic mass is 10.2. The largest absolute Gasteiger partial charge is 0.378 e. The highest BCUT2D eigenvalue weighted by molar-refractivity contribution is 6.30. The second-order valence-corrected chi connectivity index (χ2v) is 4.62. The molecule has 0 aliphatic heterocycles. The zero-order valence-electron chi connectivity index (χ0n) is 10.6. The number of nitrogens with one attached hydrogen (secondary N) is 1. The Morgan fingerprint density at radius 1 is 1.39 bits per heavy atom. The van der Waals surface area contributed by atoms with E-state index in [9.17, 15) is 4.39 Å². The molecule has 0 saturated carbocycles. The van der Waals surface area contributed by atoms with Gasteiger partial charge in [0, 0.05) is 19.2 Å². The van der Waals surface area contributed by atoms with Crippen LogP contribution in [0.3, 0.4) is 0 Å². The summed E-state index contributed by atoms with van der Waals surface area (Å²) in [4.78, 5) is 0. The predicted octanol–water partition coefficient (Wildman–Crippen LogP) is 3.44. The lowest BCUT2D eigenvalue weighted by Gasteiger charge is -2.10. The minimum absolute atomic E-state index is 0.257. The van der Waals surface area contributed by atoms with Crippen molar-refractivity contribution >= 4 is 17.3 Å². The number of halogens is 2. The Hall–Kier alpha value is -1.55. The summed E-state index contributed by atoms with van der Waals surface area (Å²) >= 11 is 6.13. The molecule has 0 bridgehead atoms. The Bertz CT molecular complexity index is 558. The molecule has 1 aromatic carbocycles. The van der Waals surface area contributed by atoms with Crippen LogP contribution in [-0.4, -0.2) is 9.78 Å². The Kier molecular flexibility index (Phi) is 3.57. The Balaban J connectivity index is 2.22. The van der Waals surface area contributed by atoms with Crippen molar-refractivity contribution in [3.63, 3.8) is 0 Å². The maximum Gasteiger partial charge on any atom is 0.146 e. The Labute approximate surface area is 111 Å². The first-order valence-corrected chi connectivity index (χ1v) is 6.05. The van der Waals surface area contributed by atoms with Gasteiger partial charge in [-0.15, -0.1) is 0 Å². The van der Waals surface area contributed by atoms with Crippen LogP contribution >= 0.6 is 11.6 Å². The van der Waals surface area contributed by atoms with Crippen molar-refractivity contribution in [1.82, 2.24) is 9.78 Å². The van der Waals surface area contributed by atoms with Crippen molar-refractivity contribution in [2.45, 2.75) is 20.4 Å². The third-order valence-corrected chi connectivity index (χ3v) is 3.41. The third-order valence-electron chi connectivity index (χ3n) is 2.93. The van der Waals surface area contributed by atoms with Crippen LogP contribution in [0.4, 0.5) is 10.1 Å². The molecule has 18 heavy (non-hydrogen) atoms. The lowest BCUT2D eigenvalue weighted by molar-refractivity contribution is 0.629. The summed E-state index contributed by atoms with van der Waals surface area (Å²) in [5.41, 5.74) is 3.12. The highest BCUT2D eigenvalue weighted by Gasteiger charge is 2.12. The number of aryl methyl sites for hydroxylation is 3. The van der Waals surface area contributed by atoms with Gasteiger partial charge in [-0.05, 0) is 25.5 Å². The van der Waals surface area contributed by atoms with Crippen molar-refractivity contribution in [2.24, 2.45) is 7.05 Å². The zero-order chi connectivity index (χ0) is 13.3. The van der Waals surface area contributed by atoms with Crippen molar-refractivity contribution in [3.8, 4) is 0 Å². The highest BCUT2D eigenvalue weighted by atomic mass is 35.5. The fraction of sp³-hybridized carbons (Fsp3) is 0.308. The van der Waals surface area contributed by atoms with E-state index in [1.165, 1.54) is 6.07 Å². The molecule has 0 aliphatic carbocycles. The van der Waals surface area contributed by atoms with Crippen LogP contribution in [0.15, 0.2) is 18.2 Å². The van der Waals surface area contributed by atoms with E-state index in [1.807, 2.05) is 19.9 Å². The molecule has 0 unspecified atom stereocenters. The fourth-order valence-electron chi connectivity index (χ4n) is 1.91. The van der Waals surface area contributed by atoms with E-state index in [4.69, 9.17) is 11.6 Å². The lowest BCUT2D eigenvalue weighted by Crippen LogP contribution is -2.04. The molecule has 0 radical (unpaired) electrons. The molecule has 0 fully saturated rings. The number of hydrogen-bond donors (Lipinski definition) is 1. The standard InChI is InChI=1S/C13H15ClFN3/c1-8-5-4-6-11(15)12(8)16-7-10-9(2)17-18(3)13(10)14/h4-6,16H,7H2,1-3H3. The first-order valence-electron chi connectivity index (χ1n) is 5.67. The first-order chi connectivity index (χ1) is 8.50. The van der Waals surface area contributed by atoms with Gasteiger partial charge < -0.3 is 5.32 Å². The molecule has 0 atom stereocenters. The molecule has 0 amide bonds. The van der Waals surface area contributed by atoms with Crippen molar-refractivity contribution < 1.29 is 4.39 Å². The molecule has 5 heteroatoms. The van der Waals surface area contributed by atoms with Gasteiger partial charge in [0.1, 0.15) is 11.0 Å². The summed E-state index contributed by atoms with van der Waals surface area (Å²) in [5, 5.41) is 7.88. The van der Waals surface area contributed by atoms with Gasteiger partial charge in [-0.3, -0.25) is 4.68 Å². The van der Waals surface area contributed by atoms with E-state index < -0.39 is 0 Å². The van der Waals surface area contributed by atoms with Crippen molar-refractivity contribution in [1.29, 1.82) is 0 Å². The maximum atomic E-state index is 13.6. The number of anilines is 1. The van der Waals surface area contributed by atoms with Gasteiger partial charge in [0.2, 0.25) is 0 Å². The first kappa shape index (κ1) is 12.9. The molecule has 96 valence electrons. The second-order valence-electron chi connectivity index (χ2n) is 4.26. The highest BCUT2D eigenvalue weighted by Crippen LogP contribution is 2.23. The van der Waals surface area contributed by atoms with Gasteiger partial charge in [-0.1, -0.05) is 23.7 Å². The zero-order valence-corrected chi connectivity index (χ0v) is 11.3. The molecular weight excluding hydrogens is 253 g/mol. The average Bonchev–Trinajstić information content (AvgIpc) is 2.54. The van der Waals surface area contributed by atoms with Gasteiger partial charge >= 0.3 is 0 Å². The molecule has 1 aromatic heterocycles. The summed E-state index contributed by atoms with van der Waals surface area (Å²) in [6, 6.07) is 4.99. The average molecular weight is 268 g/mol. The normalized spacial score (nSPS) is 10.7. The molecular formula is C13H15ClFN3. The Morgan fingerprint density at radius 3 is 2.67 bits per heavy atom. The van der Waals surface area contributed by atoms with Crippen LogP contribution in [0.5, 0.6) is 0 Å². The van der Waals surface area contributed by atoms with Crippen LogP contribution in [0.2, 0.25) is 5.15 Å². The smallest absolute Gasteiger partial charge is 0.146 e. The van der Waals surface area contributed by atoms with Gasteiger partial charge in [0.15, 0.2) is 0 Å². The van der Waals surface area contributed by atoms with E-state index in [1.54, 1.807) is 17.8 Å². The molecule has 2 rings (SSSR count). The summed E-state index contributed by atoms with van der Waals surface area (Å²) < 4.78 is 15.3. The molecule has 1 N–H and O–H groups in total. The monoisotopic (exact) mass is 267 g/mol. The number of rotatable bonds is 3. The van der Waals surface area contributed by atoms with E-state index in [0.717, 1.165) is 16.8 Å². The SMILES string of the molecule is Cc1cccc(F)c1NCc1c(C)nn(C)c1Cl. The minimum atomic E-state index is -0.257. The van der Waals surface area contributed by atoms with Crippen LogP contribution in [0.25, 0.3) is 0 Å². The quantitative estimate of drug-likeness (QED) is 0.923. The third kappa shape index (κ3) is 2.34. The number of benzene rings is 1. The van der Waals surface area contributed by atoms with Gasteiger partial charge in [0.05, 0.1) is 11.4 Å². The second kappa shape index (κ2) is 4.98. The predicted molar refractivity (Wildman–Crippen MR) is 71.4 cm³/mol. The molecule has 0 spiro atoms. The summed E-state index contributed by atoms with van der Waals surface area (Å²) in [5.74, 6) is -0.257. The summed E-state index contributed by atoms with van der Waals surface area (Å²) in [6.07, 6.45) is 0. The summed E-state index contributed by atoms with van der Waals surface area (Å²) in [6.45, 7) is 4.21. The topological polar surface area (TPSA) is 29.9 Å². The number of aromatic nitrogens is 2. The molecule has 1 heterocycles. The molecule has 3 nitrogen and oxygen atoms in total. The van der Waals surface area contributed by atoms with E-state index in [-0.39, 0.29) is 5.82 Å². The van der Waals surface area contributed by atoms with Crippen LogP contribution in [0, 0.1) is 19.7 Å². The molecule has 0 saturated heterocycles. The van der Waals surface area contributed by atoms with E-state index >= 15 is 0 Å². The summed E-state index contributed by atoms with van der Waals surface area (Å²) in [7, 11) is 1.78. The van der Waals surface area contributed by atoms with Crippen LogP contribution < -0.4 is 5.32 Å². The van der Waals surface area contributed by atoms with E-state index in [0.29, 0.717) is 17.4 Å². The number of para-hydroxylation sites is 1. The van der Waals surface area contributed by atoms with Gasteiger partial charge in [-0.25, -0.2) is 4.39 Å². The minimum Gasteiger partial charge on any atom is -0.378 e. The molecule has 0 aliphatic rings. The number of nitrogens with zero attached hydrogens (tertiary/aromatic N) is 2. The van der Waals surface area contributed by atoms with E-state index in [2.05, 4.69) is 10.4 Å². The van der Waals surface area contributed by atoms with Gasteiger partial charge in [0.25, 0.3) is 0 Å². The molecule has 2 aromatic rings. The maximum absolute atomic E-state index is 13.6. The van der Waals surface area contributed by atoms with Gasteiger partial charge in [-0.2, -0.15) is 5.10 Å². The Morgan fingerprint density at radius 2 is 2.11 bits per heavy atom. The van der Waals surface area contributed by atoms with Crippen LogP contribution in [-0.2, 0) is 13.6 Å². The van der Waals surface area contributed by atoms with Crippen molar-refractivity contribution in [3.05, 3.63) is 46.0 Å².